The largest absolute Gasteiger partial charge is 0.491 e. The van der Waals surface area contributed by atoms with Gasteiger partial charge >= 0.3 is 0 Å². The average molecular weight is 268 g/mol. The summed E-state index contributed by atoms with van der Waals surface area (Å²) in [5.74, 6) is 1.99. The van der Waals surface area contributed by atoms with Gasteiger partial charge in [-0.25, -0.2) is 0 Å². The molecule has 2 N–H and O–H groups in total. The van der Waals surface area contributed by atoms with Crippen LogP contribution in [-0.2, 0) is 0 Å². The Hall–Kier alpha value is -1.19. The minimum Gasteiger partial charge on any atom is -0.491 e. The molecule has 2 rings (SSSR count). The highest BCUT2D eigenvalue weighted by Crippen LogP contribution is 2.38. The number of methoxy groups -OCH3 is 1. The van der Waals surface area contributed by atoms with Gasteiger partial charge in [0.2, 0.25) is 0 Å². The lowest BCUT2D eigenvalue weighted by Gasteiger charge is -2.12. The summed E-state index contributed by atoms with van der Waals surface area (Å²) in [5.41, 5.74) is 6.41. The van der Waals surface area contributed by atoms with Crippen molar-refractivity contribution in [3.63, 3.8) is 0 Å². The molecule has 18 heavy (non-hydrogen) atoms. The molecule has 0 heterocycles. The highest BCUT2D eigenvalue weighted by atomic mass is 35.5. The van der Waals surface area contributed by atoms with Crippen molar-refractivity contribution >= 4 is 17.7 Å². The average Bonchev–Trinajstić information content (AvgIpc) is 3.17. The topological polar surface area (TPSA) is 44.5 Å². The molecule has 1 saturated carbocycles. The van der Waals surface area contributed by atoms with E-state index in [4.69, 9.17) is 26.8 Å². The predicted octanol–water partition coefficient (Wildman–Crippen LogP) is 3.11. The van der Waals surface area contributed by atoms with Crippen LogP contribution in [-0.4, -0.2) is 20.3 Å². The minimum absolute atomic E-state index is 0.502. The van der Waals surface area contributed by atoms with Gasteiger partial charge in [-0.05, 0) is 36.5 Å². The number of ether oxygens (including phenoxy) is 2. The number of hydrogen-bond donors (Lipinski definition) is 1. The van der Waals surface area contributed by atoms with E-state index in [2.05, 4.69) is 0 Å². The van der Waals surface area contributed by atoms with E-state index in [0.717, 1.165) is 12.2 Å². The molecule has 0 amide bonds. The molecule has 0 unspecified atom stereocenters. The maximum atomic E-state index is 6.17. The highest BCUT2D eigenvalue weighted by molar-refractivity contribution is 6.32. The standard InChI is InChI=1S/C14H18ClNO2/c1-17-14-12(15)7-11(3-2-6-16)8-13(14)18-9-10-4-5-10/h2-3,7-8,10H,4-6,9,16H2,1H3/b3-2+. The Morgan fingerprint density at radius 1 is 1.44 bits per heavy atom. The molecule has 0 aliphatic heterocycles. The zero-order chi connectivity index (χ0) is 13.0. The second kappa shape index (κ2) is 6.12. The summed E-state index contributed by atoms with van der Waals surface area (Å²) in [6.07, 6.45) is 6.31. The second-order valence-corrected chi connectivity index (χ2v) is 4.83. The van der Waals surface area contributed by atoms with Crippen molar-refractivity contribution in [3.05, 3.63) is 28.8 Å². The van der Waals surface area contributed by atoms with Gasteiger partial charge in [0.15, 0.2) is 11.5 Å². The SMILES string of the molecule is COc1c(Cl)cc(/C=C/CN)cc1OCC1CC1. The Kier molecular flexibility index (Phi) is 4.50. The molecule has 98 valence electrons. The summed E-state index contributed by atoms with van der Waals surface area (Å²) in [5, 5.41) is 0.558. The third-order valence-electron chi connectivity index (χ3n) is 2.85. The maximum Gasteiger partial charge on any atom is 0.179 e. The molecule has 4 heteroatoms. The van der Waals surface area contributed by atoms with E-state index in [-0.39, 0.29) is 0 Å². The van der Waals surface area contributed by atoms with Gasteiger partial charge in [0.05, 0.1) is 18.7 Å². The van der Waals surface area contributed by atoms with Gasteiger partial charge in [-0.2, -0.15) is 0 Å². The van der Waals surface area contributed by atoms with Crippen molar-refractivity contribution in [1.82, 2.24) is 0 Å². The summed E-state index contributed by atoms with van der Waals surface area (Å²) in [4.78, 5) is 0. The lowest BCUT2D eigenvalue weighted by atomic mass is 10.2. The molecular weight excluding hydrogens is 250 g/mol. The lowest BCUT2D eigenvalue weighted by molar-refractivity contribution is 0.280. The monoisotopic (exact) mass is 267 g/mol. The normalized spacial score (nSPS) is 15.1. The van der Waals surface area contributed by atoms with Gasteiger partial charge in [-0.1, -0.05) is 23.8 Å². The molecule has 0 spiro atoms. The number of nitrogens with two attached hydrogens (primary N) is 1. The van der Waals surface area contributed by atoms with Crippen LogP contribution in [0.15, 0.2) is 18.2 Å². The summed E-state index contributed by atoms with van der Waals surface area (Å²) in [6, 6.07) is 3.77. The third kappa shape index (κ3) is 3.40. The zero-order valence-electron chi connectivity index (χ0n) is 10.5. The molecule has 0 radical (unpaired) electrons. The fraction of sp³-hybridized carbons (Fsp3) is 0.429. The van der Waals surface area contributed by atoms with E-state index in [9.17, 15) is 0 Å². The molecule has 0 bridgehead atoms. The summed E-state index contributed by atoms with van der Waals surface area (Å²) in [7, 11) is 1.60. The first kappa shape index (κ1) is 13.2. The first-order valence-corrected chi connectivity index (χ1v) is 6.49. The van der Waals surface area contributed by atoms with Crippen LogP contribution in [0.25, 0.3) is 6.08 Å². The maximum absolute atomic E-state index is 6.17. The third-order valence-corrected chi connectivity index (χ3v) is 3.13. The van der Waals surface area contributed by atoms with Crippen molar-refractivity contribution in [3.8, 4) is 11.5 Å². The van der Waals surface area contributed by atoms with Crippen molar-refractivity contribution < 1.29 is 9.47 Å². The van der Waals surface area contributed by atoms with E-state index in [1.165, 1.54) is 12.8 Å². The van der Waals surface area contributed by atoms with Crippen molar-refractivity contribution in [2.75, 3.05) is 20.3 Å². The molecule has 1 aromatic carbocycles. The lowest BCUT2D eigenvalue weighted by Crippen LogP contribution is -2.01. The molecular formula is C14H18ClNO2. The van der Waals surface area contributed by atoms with Crippen LogP contribution in [0.1, 0.15) is 18.4 Å². The minimum atomic E-state index is 0.502. The fourth-order valence-electron chi connectivity index (χ4n) is 1.69. The van der Waals surface area contributed by atoms with Gasteiger partial charge in [-0.15, -0.1) is 0 Å². The van der Waals surface area contributed by atoms with Gasteiger partial charge in [-0.3, -0.25) is 0 Å². The molecule has 0 aromatic heterocycles. The number of rotatable bonds is 6. The number of hydrogen-bond acceptors (Lipinski definition) is 3. The Morgan fingerprint density at radius 3 is 2.83 bits per heavy atom. The summed E-state index contributed by atoms with van der Waals surface area (Å²) in [6.45, 7) is 1.23. The Labute approximate surface area is 113 Å². The van der Waals surface area contributed by atoms with Crippen LogP contribution >= 0.6 is 11.6 Å². The van der Waals surface area contributed by atoms with Crippen LogP contribution in [0.2, 0.25) is 5.02 Å². The highest BCUT2D eigenvalue weighted by Gasteiger charge is 2.23. The van der Waals surface area contributed by atoms with Crippen LogP contribution in [0.4, 0.5) is 0 Å². The van der Waals surface area contributed by atoms with Gasteiger partial charge in [0.25, 0.3) is 0 Å². The molecule has 0 atom stereocenters. The van der Waals surface area contributed by atoms with Gasteiger partial charge < -0.3 is 15.2 Å². The molecule has 1 aromatic rings. The Morgan fingerprint density at radius 2 is 2.22 bits per heavy atom. The van der Waals surface area contributed by atoms with Crippen LogP contribution in [0.3, 0.4) is 0 Å². The molecule has 3 nitrogen and oxygen atoms in total. The fourth-order valence-corrected chi connectivity index (χ4v) is 1.98. The van der Waals surface area contributed by atoms with Crippen LogP contribution in [0.5, 0.6) is 11.5 Å². The van der Waals surface area contributed by atoms with E-state index in [1.54, 1.807) is 7.11 Å². The number of halogens is 1. The van der Waals surface area contributed by atoms with E-state index < -0.39 is 0 Å². The van der Waals surface area contributed by atoms with Crippen molar-refractivity contribution in [2.45, 2.75) is 12.8 Å². The van der Waals surface area contributed by atoms with Crippen LogP contribution < -0.4 is 15.2 Å². The summed E-state index contributed by atoms with van der Waals surface area (Å²) >= 11 is 6.17. The number of benzene rings is 1. The van der Waals surface area contributed by atoms with Crippen LogP contribution in [0, 0.1) is 5.92 Å². The zero-order valence-corrected chi connectivity index (χ0v) is 11.2. The van der Waals surface area contributed by atoms with Gasteiger partial charge in [0, 0.05) is 6.54 Å². The molecule has 1 aliphatic carbocycles. The van der Waals surface area contributed by atoms with Gasteiger partial charge in [0.1, 0.15) is 0 Å². The van der Waals surface area contributed by atoms with Crippen molar-refractivity contribution in [2.24, 2.45) is 11.7 Å². The smallest absolute Gasteiger partial charge is 0.179 e. The second-order valence-electron chi connectivity index (χ2n) is 4.43. The first-order chi connectivity index (χ1) is 8.74. The Bertz CT molecular complexity index is 442. The quantitative estimate of drug-likeness (QED) is 0.861. The van der Waals surface area contributed by atoms with E-state index >= 15 is 0 Å². The first-order valence-electron chi connectivity index (χ1n) is 6.11. The molecule has 1 aliphatic rings. The Balaban J connectivity index is 2.20. The molecule has 1 fully saturated rings. The van der Waals surface area contributed by atoms with Crippen molar-refractivity contribution in [1.29, 1.82) is 0 Å². The van der Waals surface area contributed by atoms with E-state index in [1.807, 2.05) is 24.3 Å². The van der Waals surface area contributed by atoms with E-state index in [0.29, 0.717) is 29.0 Å². The predicted molar refractivity (Wildman–Crippen MR) is 74.3 cm³/mol. The molecule has 0 saturated heterocycles. The summed E-state index contributed by atoms with van der Waals surface area (Å²) < 4.78 is 11.1.